The van der Waals surface area contributed by atoms with E-state index in [2.05, 4.69) is 0 Å². The molecule has 0 bridgehead atoms. The molecule has 1 aliphatic heterocycles. The van der Waals surface area contributed by atoms with E-state index >= 15 is 0 Å². The van der Waals surface area contributed by atoms with E-state index in [1.54, 1.807) is 0 Å². The van der Waals surface area contributed by atoms with Crippen molar-refractivity contribution in [3.63, 3.8) is 0 Å². The lowest BCUT2D eigenvalue weighted by atomic mass is 9.96. The number of carbonyl (C=O) groups is 1. The first kappa shape index (κ1) is 15.0. The Balaban J connectivity index is 2.12. The Morgan fingerprint density at radius 1 is 1.40 bits per heavy atom. The molecule has 0 spiro atoms. The Hall–Kier alpha value is -1.39. The monoisotopic (exact) mass is 277 g/mol. The standard InChI is InChI=1S/C16H23NO3/c1-12-5-3-4-6-14(12)15(16(18)19)17(2)11-13-7-9-20-10-8-13/h3-6,13,15H,7-11H2,1-2H3,(H,18,19)/t15-/m1/s1. The second-order valence-electron chi connectivity index (χ2n) is 5.59. The van der Waals surface area contributed by atoms with Crippen LogP contribution in [0.15, 0.2) is 24.3 Å². The molecule has 2 rings (SSSR count). The van der Waals surface area contributed by atoms with Gasteiger partial charge in [-0.25, -0.2) is 0 Å². The molecule has 0 aliphatic carbocycles. The van der Waals surface area contributed by atoms with Gasteiger partial charge in [0.2, 0.25) is 0 Å². The summed E-state index contributed by atoms with van der Waals surface area (Å²) in [4.78, 5) is 13.6. The van der Waals surface area contributed by atoms with E-state index in [0.29, 0.717) is 5.92 Å². The summed E-state index contributed by atoms with van der Waals surface area (Å²) in [5.41, 5.74) is 1.91. The first-order valence-corrected chi connectivity index (χ1v) is 7.16. The summed E-state index contributed by atoms with van der Waals surface area (Å²) in [6.45, 7) is 4.35. The number of benzene rings is 1. The molecule has 1 aromatic rings. The van der Waals surface area contributed by atoms with Crippen LogP contribution in [-0.2, 0) is 9.53 Å². The summed E-state index contributed by atoms with van der Waals surface area (Å²) in [5, 5.41) is 9.58. The maximum Gasteiger partial charge on any atom is 0.325 e. The summed E-state index contributed by atoms with van der Waals surface area (Å²) < 4.78 is 5.36. The maximum atomic E-state index is 11.7. The van der Waals surface area contributed by atoms with E-state index < -0.39 is 12.0 Å². The predicted octanol–water partition coefficient (Wildman–Crippen LogP) is 2.48. The minimum absolute atomic E-state index is 0.527. The van der Waals surface area contributed by atoms with Crippen molar-refractivity contribution in [3.05, 3.63) is 35.4 Å². The molecule has 1 heterocycles. The summed E-state index contributed by atoms with van der Waals surface area (Å²) in [7, 11) is 1.90. The zero-order valence-electron chi connectivity index (χ0n) is 12.2. The Kier molecular flexibility index (Phi) is 5.15. The topological polar surface area (TPSA) is 49.8 Å². The van der Waals surface area contributed by atoms with Crippen molar-refractivity contribution in [2.24, 2.45) is 5.92 Å². The van der Waals surface area contributed by atoms with E-state index in [0.717, 1.165) is 43.7 Å². The largest absolute Gasteiger partial charge is 0.480 e. The van der Waals surface area contributed by atoms with Crippen molar-refractivity contribution in [3.8, 4) is 0 Å². The zero-order chi connectivity index (χ0) is 14.5. The molecule has 110 valence electrons. The van der Waals surface area contributed by atoms with E-state index in [-0.39, 0.29) is 0 Å². The highest BCUT2D eigenvalue weighted by Crippen LogP contribution is 2.26. The van der Waals surface area contributed by atoms with Gasteiger partial charge in [-0.1, -0.05) is 24.3 Å². The molecule has 1 N–H and O–H groups in total. The van der Waals surface area contributed by atoms with Crippen molar-refractivity contribution >= 4 is 5.97 Å². The SMILES string of the molecule is Cc1ccccc1[C@H](C(=O)O)N(C)CC1CCOCC1. The highest BCUT2D eigenvalue weighted by Gasteiger charge is 2.28. The fraction of sp³-hybridized carbons (Fsp3) is 0.562. The van der Waals surface area contributed by atoms with Crippen LogP contribution in [0.2, 0.25) is 0 Å². The maximum absolute atomic E-state index is 11.7. The predicted molar refractivity (Wildman–Crippen MR) is 77.7 cm³/mol. The third-order valence-electron chi connectivity index (χ3n) is 4.04. The van der Waals surface area contributed by atoms with Gasteiger partial charge in [-0.15, -0.1) is 0 Å². The second kappa shape index (κ2) is 6.86. The van der Waals surface area contributed by atoms with Gasteiger partial charge in [0.1, 0.15) is 6.04 Å². The first-order valence-electron chi connectivity index (χ1n) is 7.16. The summed E-state index contributed by atoms with van der Waals surface area (Å²) in [6.07, 6.45) is 2.04. The number of carboxylic acid groups (broad SMARTS) is 1. The molecule has 20 heavy (non-hydrogen) atoms. The Labute approximate surface area is 120 Å². The molecule has 1 aliphatic rings. The van der Waals surface area contributed by atoms with Gasteiger partial charge in [0, 0.05) is 19.8 Å². The van der Waals surface area contributed by atoms with E-state index in [4.69, 9.17) is 4.74 Å². The van der Waals surface area contributed by atoms with Crippen LogP contribution in [-0.4, -0.2) is 42.8 Å². The molecule has 1 fully saturated rings. The van der Waals surface area contributed by atoms with Crippen LogP contribution in [0.5, 0.6) is 0 Å². The highest BCUT2D eigenvalue weighted by molar-refractivity contribution is 5.76. The van der Waals surface area contributed by atoms with Crippen molar-refractivity contribution in [2.75, 3.05) is 26.8 Å². The molecular weight excluding hydrogens is 254 g/mol. The summed E-state index contributed by atoms with van der Waals surface area (Å²) in [6, 6.07) is 7.15. The van der Waals surface area contributed by atoms with Gasteiger partial charge in [-0.2, -0.15) is 0 Å². The second-order valence-corrected chi connectivity index (χ2v) is 5.59. The van der Waals surface area contributed by atoms with Crippen LogP contribution in [0.4, 0.5) is 0 Å². The van der Waals surface area contributed by atoms with E-state index in [1.807, 2.05) is 43.1 Å². The Morgan fingerprint density at radius 2 is 2.05 bits per heavy atom. The average Bonchev–Trinajstić information content (AvgIpc) is 2.42. The third-order valence-corrected chi connectivity index (χ3v) is 4.04. The van der Waals surface area contributed by atoms with Crippen LogP contribution in [0.1, 0.15) is 30.0 Å². The number of ether oxygens (including phenoxy) is 1. The number of nitrogens with zero attached hydrogens (tertiary/aromatic N) is 1. The lowest BCUT2D eigenvalue weighted by Crippen LogP contribution is -2.36. The molecule has 4 heteroatoms. The molecule has 0 amide bonds. The number of aryl methyl sites for hydroxylation is 1. The number of hydrogen-bond acceptors (Lipinski definition) is 3. The molecule has 0 unspecified atom stereocenters. The lowest BCUT2D eigenvalue weighted by molar-refractivity contribution is -0.143. The van der Waals surface area contributed by atoms with Crippen molar-refractivity contribution in [2.45, 2.75) is 25.8 Å². The Bertz CT molecular complexity index is 455. The normalized spacial score (nSPS) is 18.1. The van der Waals surface area contributed by atoms with Crippen molar-refractivity contribution in [1.82, 2.24) is 4.90 Å². The highest BCUT2D eigenvalue weighted by atomic mass is 16.5. The van der Waals surface area contributed by atoms with Crippen LogP contribution in [0, 0.1) is 12.8 Å². The molecule has 1 atom stereocenters. The quantitative estimate of drug-likeness (QED) is 0.898. The Morgan fingerprint density at radius 3 is 2.65 bits per heavy atom. The fourth-order valence-corrected chi connectivity index (χ4v) is 2.89. The van der Waals surface area contributed by atoms with Crippen LogP contribution < -0.4 is 0 Å². The minimum Gasteiger partial charge on any atom is -0.480 e. The smallest absolute Gasteiger partial charge is 0.325 e. The van der Waals surface area contributed by atoms with Gasteiger partial charge in [-0.05, 0) is 43.9 Å². The first-order chi connectivity index (χ1) is 9.59. The third kappa shape index (κ3) is 3.58. The van der Waals surface area contributed by atoms with Crippen molar-refractivity contribution < 1.29 is 14.6 Å². The molecule has 0 radical (unpaired) electrons. The molecule has 0 saturated carbocycles. The van der Waals surface area contributed by atoms with Gasteiger partial charge in [0.25, 0.3) is 0 Å². The van der Waals surface area contributed by atoms with Gasteiger partial charge in [0.15, 0.2) is 0 Å². The minimum atomic E-state index is -0.783. The van der Waals surface area contributed by atoms with E-state index in [1.165, 1.54) is 0 Å². The molecule has 1 aromatic carbocycles. The number of aliphatic carboxylic acids is 1. The summed E-state index contributed by atoms with van der Waals surface area (Å²) in [5.74, 6) is -0.256. The van der Waals surface area contributed by atoms with E-state index in [9.17, 15) is 9.90 Å². The number of rotatable bonds is 5. The van der Waals surface area contributed by atoms with Crippen molar-refractivity contribution in [1.29, 1.82) is 0 Å². The summed E-state index contributed by atoms with van der Waals surface area (Å²) >= 11 is 0. The number of hydrogen-bond donors (Lipinski definition) is 1. The van der Waals surface area contributed by atoms with Crippen LogP contribution >= 0.6 is 0 Å². The molecule has 0 aromatic heterocycles. The van der Waals surface area contributed by atoms with Gasteiger partial charge in [-0.3, -0.25) is 9.69 Å². The van der Waals surface area contributed by atoms with Gasteiger partial charge in [0.05, 0.1) is 0 Å². The zero-order valence-corrected chi connectivity index (χ0v) is 12.2. The molecule has 1 saturated heterocycles. The fourth-order valence-electron chi connectivity index (χ4n) is 2.89. The van der Waals surface area contributed by atoms with Crippen LogP contribution in [0.25, 0.3) is 0 Å². The van der Waals surface area contributed by atoms with Crippen LogP contribution in [0.3, 0.4) is 0 Å². The molecular formula is C16H23NO3. The van der Waals surface area contributed by atoms with Gasteiger partial charge < -0.3 is 9.84 Å². The number of carboxylic acids is 1. The lowest BCUT2D eigenvalue weighted by Gasteiger charge is -2.31. The number of likely N-dealkylation sites (N-methyl/N-ethyl adjacent to an activating group) is 1. The van der Waals surface area contributed by atoms with Gasteiger partial charge >= 0.3 is 5.97 Å². The molecule has 4 nitrogen and oxygen atoms in total. The average molecular weight is 277 g/mol.